The number of para-hydroxylation sites is 1. The van der Waals surface area contributed by atoms with Crippen molar-refractivity contribution in [3.8, 4) is 33.4 Å². The van der Waals surface area contributed by atoms with Crippen molar-refractivity contribution in [3.05, 3.63) is 181 Å². The highest BCUT2D eigenvalue weighted by atomic mass is 16.3. The van der Waals surface area contributed by atoms with Crippen LogP contribution in [0.25, 0.3) is 66.1 Å². The van der Waals surface area contributed by atoms with E-state index >= 15 is 0 Å². The van der Waals surface area contributed by atoms with E-state index in [0.29, 0.717) is 0 Å². The average Bonchev–Trinajstić information content (AvgIpc) is 3.57. The van der Waals surface area contributed by atoms with Gasteiger partial charge in [0, 0.05) is 33.4 Å². The lowest BCUT2D eigenvalue weighted by Crippen LogP contribution is -2.10. The molecular weight excluding hydrogens is 657 g/mol. The van der Waals surface area contributed by atoms with Gasteiger partial charge in [-0.1, -0.05) is 142 Å². The number of rotatable bonds is 7. The Labute approximate surface area is 316 Å². The summed E-state index contributed by atoms with van der Waals surface area (Å²) >= 11 is 0. The lowest BCUT2D eigenvalue weighted by atomic mass is 9.87. The standard InChI is InChI=1S/C51H42N2O/c1-51(2,3)33-34-18-19-39-29-45(47(52)31-40(39)28-34)41-30-46-44-16-10-11-17-49(44)54-50(46)48(32-41)53(42-24-20-37(21-25-42)35-12-6-4-7-13-35)43-26-22-38(23-27-43)36-14-8-5-9-15-36/h4-32H,33,52H2,1-3H3. The maximum atomic E-state index is 6.98. The van der Waals surface area contributed by atoms with Gasteiger partial charge in [0.1, 0.15) is 5.58 Å². The maximum Gasteiger partial charge on any atom is 0.159 e. The van der Waals surface area contributed by atoms with E-state index in [1.54, 1.807) is 0 Å². The number of hydrogen-bond acceptors (Lipinski definition) is 3. The van der Waals surface area contributed by atoms with Crippen molar-refractivity contribution in [3.63, 3.8) is 0 Å². The molecule has 0 aliphatic rings. The molecule has 0 fully saturated rings. The fraction of sp³-hybridized carbons (Fsp3) is 0.0980. The summed E-state index contributed by atoms with van der Waals surface area (Å²) < 4.78 is 6.76. The fourth-order valence-electron chi connectivity index (χ4n) is 7.76. The van der Waals surface area contributed by atoms with Gasteiger partial charge in [-0.25, -0.2) is 0 Å². The van der Waals surface area contributed by atoms with Gasteiger partial charge in [-0.3, -0.25) is 0 Å². The quantitative estimate of drug-likeness (QED) is 0.169. The summed E-state index contributed by atoms with van der Waals surface area (Å²) in [5, 5.41) is 4.44. The third-order valence-electron chi connectivity index (χ3n) is 10.3. The molecule has 0 saturated carbocycles. The average molecular weight is 699 g/mol. The molecule has 3 nitrogen and oxygen atoms in total. The monoisotopic (exact) mass is 698 g/mol. The van der Waals surface area contributed by atoms with Crippen LogP contribution >= 0.6 is 0 Å². The predicted octanol–water partition coefficient (Wildman–Crippen LogP) is 14.4. The molecule has 262 valence electrons. The summed E-state index contributed by atoms with van der Waals surface area (Å²) in [7, 11) is 0. The van der Waals surface area contributed by atoms with Gasteiger partial charge < -0.3 is 15.1 Å². The number of benzene rings is 8. The van der Waals surface area contributed by atoms with Crippen LogP contribution in [0.3, 0.4) is 0 Å². The Balaban J connectivity index is 1.25. The van der Waals surface area contributed by atoms with Crippen molar-refractivity contribution in [1.29, 1.82) is 0 Å². The van der Waals surface area contributed by atoms with E-state index in [4.69, 9.17) is 10.2 Å². The van der Waals surface area contributed by atoms with E-state index in [1.807, 2.05) is 12.1 Å². The molecule has 0 spiro atoms. The minimum atomic E-state index is 0.202. The normalized spacial score (nSPS) is 11.8. The maximum absolute atomic E-state index is 6.98. The van der Waals surface area contributed by atoms with Crippen LogP contribution in [-0.4, -0.2) is 0 Å². The van der Waals surface area contributed by atoms with E-state index in [2.05, 4.69) is 189 Å². The molecule has 0 atom stereocenters. The highest BCUT2D eigenvalue weighted by Crippen LogP contribution is 2.46. The van der Waals surface area contributed by atoms with Gasteiger partial charge >= 0.3 is 0 Å². The third kappa shape index (κ3) is 6.39. The van der Waals surface area contributed by atoms with Crippen LogP contribution in [0.1, 0.15) is 26.3 Å². The lowest BCUT2D eigenvalue weighted by molar-refractivity contribution is 0.411. The first kappa shape index (κ1) is 33.3. The molecule has 0 aliphatic carbocycles. The summed E-state index contributed by atoms with van der Waals surface area (Å²) in [4.78, 5) is 2.31. The topological polar surface area (TPSA) is 42.4 Å². The molecule has 9 rings (SSSR count). The number of fused-ring (bicyclic) bond motifs is 4. The minimum Gasteiger partial charge on any atom is -0.454 e. The van der Waals surface area contributed by atoms with Crippen molar-refractivity contribution < 1.29 is 4.42 Å². The molecule has 9 aromatic rings. The highest BCUT2D eigenvalue weighted by molar-refractivity contribution is 6.13. The Bertz CT molecular complexity index is 2670. The van der Waals surface area contributed by atoms with Gasteiger partial charge in [-0.05, 0) is 111 Å². The Kier molecular flexibility index (Phi) is 8.28. The Morgan fingerprint density at radius 1 is 0.500 bits per heavy atom. The smallest absolute Gasteiger partial charge is 0.159 e. The van der Waals surface area contributed by atoms with Crippen LogP contribution < -0.4 is 10.6 Å². The minimum absolute atomic E-state index is 0.202. The SMILES string of the molecule is CC(C)(C)Cc1ccc2cc(-c3cc(N(c4ccc(-c5ccccc5)cc4)c4ccc(-c5ccccc5)cc4)c4oc5ccccc5c4c3)c(N)cc2c1. The van der Waals surface area contributed by atoms with Crippen molar-refractivity contribution in [2.75, 3.05) is 10.6 Å². The third-order valence-corrected chi connectivity index (χ3v) is 10.3. The Morgan fingerprint density at radius 3 is 1.69 bits per heavy atom. The van der Waals surface area contributed by atoms with Gasteiger partial charge in [0.25, 0.3) is 0 Å². The molecule has 1 aromatic heterocycles. The zero-order valence-corrected chi connectivity index (χ0v) is 30.9. The molecule has 1 heterocycles. The molecule has 3 heteroatoms. The van der Waals surface area contributed by atoms with E-state index < -0.39 is 0 Å². The van der Waals surface area contributed by atoms with Crippen LogP contribution in [0.5, 0.6) is 0 Å². The molecule has 0 amide bonds. The van der Waals surface area contributed by atoms with Crippen LogP contribution in [-0.2, 0) is 6.42 Å². The number of furan rings is 1. The molecule has 0 unspecified atom stereocenters. The summed E-state index contributed by atoms with van der Waals surface area (Å²) in [6.45, 7) is 6.83. The van der Waals surface area contributed by atoms with E-state index in [9.17, 15) is 0 Å². The number of nitrogens with zero attached hydrogens (tertiary/aromatic N) is 1. The molecule has 0 aliphatic heterocycles. The molecular formula is C51H42N2O. The Hall–Kier alpha value is -6.58. The van der Waals surface area contributed by atoms with Crippen LogP contribution in [0, 0.1) is 5.41 Å². The molecule has 0 bridgehead atoms. The number of nitrogen functional groups attached to an aromatic ring is 1. The van der Waals surface area contributed by atoms with E-state index in [-0.39, 0.29) is 5.41 Å². The zero-order chi connectivity index (χ0) is 36.8. The Morgan fingerprint density at radius 2 is 1.07 bits per heavy atom. The van der Waals surface area contributed by atoms with Crippen molar-refractivity contribution >= 4 is 55.5 Å². The van der Waals surface area contributed by atoms with E-state index in [1.165, 1.54) is 22.1 Å². The second-order valence-electron chi connectivity index (χ2n) is 15.5. The van der Waals surface area contributed by atoms with Gasteiger partial charge in [0.15, 0.2) is 5.58 Å². The summed E-state index contributed by atoms with van der Waals surface area (Å²) in [6, 6.07) is 62.6. The van der Waals surface area contributed by atoms with Gasteiger partial charge in [-0.2, -0.15) is 0 Å². The van der Waals surface area contributed by atoms with Gasteiger partial charge in [-0.15, -0.1) is 0 Å². The predicted molar refractivity (Wildman–Crippen MR) is 230 cm³/mol. The van der Waals surface area contributed by atoms with Crippen molar-refractivity contribution in [1.82, 2.24) is 0 Å². The summed E-state index contributed by atoms with van der Waals surface area (Å²) in [5.41, 5.74) is 20.7. The first-order chi connectivity index (χ1) is 26.3. The highest BCUT2D eigenvalue weighted by Gasteiger charge is 2.22. The number of anilines is 4. The van der Waals surface area contributed by atoms with Crippen LogP contribution in [0.2, 0.25) is 0 Å². The number of nitrogens with two attached hydrogens (primary N) is 1. The molecule has 0 radical (unpaired) electrons. The molecule has 54 heavy (non-hydrogen) atoms. The van der Waals surface area contributed by atoms with Gasteiger partial charge in [0.05, 0.1) is 5.69 Å². The zero-order valence-electron chi connectivity index (χ0n) is 30.9. The summed E-state index contributed by atoms with van der Waals surface area (Å²) in [5.74, 6) is 0. The molecule has 8 aromatic carbocycles. The molecule has 2 N–H and O–H groups in total. The second-order valence-corrected chi connectivity index (χ2v) is 15.5. The fourth-order valence-corrected chi connectivity index (χ4v) is 7.76. The number of hydrogen-bond donors (Lipinski definition) is 1. The van der Waals surface area contributed by atoms with Crippen molar-refractivity contribution in [2.45, 2.75) is 27.2 Å². The first-order valence-electron chi connectivity index (χ1n) is 18.7. The lowest BCUT2D eigenvalue weighted by Gasteiger charge is -2.27. The second kappa shape index (κ2) is 13.4. The molecule has 0 saturated heterocycles. The first-order valence-corrected chi connectivity index (χ1v) is 18.7. The van der Waals surface area contributed by atoms with Crippen molar-refractivity contribution in [2.24, 2.45) is 5.41 Å². The van der Waals surface area contributed by atoms with Crippen LogP contribution in [0.15, 0.2) is 180 Å². The summed E-state index contributed by atoms with van der Waals surface area (Å²) in [6.07, 6.45) is 1.01. The van der Waals surface area contributed by atoms with E-state index in [0.717, 1.165) is 78.7 Å². The van der Waals surface area contributed by atoms with Crippen LogP contribution in [0.4, 0.5) is 22.7 Å². The largest absolute Gasteiger partial charge is 0.454 e. The van der Waals surface area contributed by atoms with Gasteiger partial charge in [0.2, 0.25) is 0 Å².